The van der Waals surface area contributed by atoms with E-state index in [1.54, 1.807) is 0 Å². The lowest BCUT2D eigenvalue weighted by molar-refractivity contribution is 0.221. The van der Waals surface area contributed by atoms with Crippen LogP contribution < -0.4 is 0 Å². The molecule has 0 unspecified atom stereocenters. The molecule has 0 aromatic carbocycles. The van der Waals surface area contributed by atoms with Crippen molar-refractivity contribution in [2.45, 2.75) is 47.0 Å². The molecule has 1 nitrogen and oxygen atoms in total. The summed E-state index contributed by atoms with van der Waals surface area (Å²) < 4.78 is 0. The van der Waals surface area contributed by atoms with Crippen LogP contribution in [0.25, 0.3) is 0 Å². The first-order chi connectivity index (χ1) is 4.95. The van der Waals surface area contributed by atoms with E-state index in [1.165, 1.54) is 12.8 Å². The van der Waals surface area contributed by atoms with E-state index in [0.717, 1.165) is 6.42 Å². The molecule has 0 aromatic heterocycles. The highest BCUT2D eigenvalue weighted by Crippen LogP contribution is 2.22. The van der Waals surface area contributed by atoms with Gasteiger partial charge in [0, 0.05) is 6.61 Å². The molecule has 0 aliphatic rings. The van der Waals surface area contributed by atoms with Gasteiger partial charge in [-0.25, -0.2) is 0 Å². The summed E-state index contributed by atoms with van der Waals surface area (Å²) in [5.41, 5.74) is 0.454. The summed E-state index contributed by atoms with van der Waals surface area (Å²) in [5.74, 6) is 0.484. The first kappa shape index (κ1) is 11.0. The fourth-order valence-corrected chi connectivity index (χ4v) is 1.07. The Morgan fingerprint density at radius 2 is 1.82 bits per heavy atom. The number of aliphatic hydroxyl groups is 1. The molecule has 68 valence electrons. The minimum absolute atomic E-state index is 0.337. The fraction of sp³-hybridized carbons (Fsp3) is 1.00. The highest BCUT2D eigenvalue weighted by Gasteiger charge is 2.10. The van der Waals surface area contributed by atoms with Crippen molar-refractivity contribution in [1.29, 1.82) is 0 Å². The second-order valence-electron chi connectivity index (χ2n) is 4.74. The molecule has 0 fully saturated rings. The van der Waals surface area contributed by atoms with Crippen LogP contribution in [-0.4, -0.2) is 11.7 Å². The van der Waals surface area contributed by atoms with E-state index < -0.39 is 0 Å². The molecule has 11 heavy (non-hydrogen) atoms. The molecular weight excluding hydrogens is 136 g/mol. The van der Waals surface area contributed by atoms with E-state index in [0.29, 0.717) is 17.9 Å². The van der Waals surface area contributed by atoms with Crippen molar-refractivity contribution in [2.75, 3.05) is 6.61 Å². The van der Waals surface area contributed by atoms with E-state index in [9.17, 15) is 0 Å². The third kappa shape index (κ3) is 7.86. The fourth-order valence-electron chi connectivity index (χ4n) is 1.07. The lowest BCUT2D eigenvalue weighted by atomic mass is 9.88. The van der Waals surface area contributed by atoms with Crippen molar-refractivity contribution < 1.29 is 5.11 Å². The molecule has 0 saturated heterocycles. The molecule has 0 heterocycles. The minimum atomic E-state index is 0.337. The quantitative estimate of drug-likeness (QED) is 0.667. The summed E-state index contributed by atoms with van der Waals surface area (Å²) in [6.07, 6.45) is 3.66. The van der Waals surface area contributed by atoms with E-state index in [2.05, 4.69) is 27.7 Å². The summed E-state index contributed by atoms with van der Waals surface area (Å²) in [4.78, 5) is 0. The molecule has 0 bridgehead atoms. The summed E-state index contributed by atoms with van der Waals surface area (Å²) in [6, 6.07) is 0. The van der Waals surface area contributed by atoms with Gasteiger partial charge in [0.2, 0.25) is 0 Å². The van der Waals surface area contributed by atoms with Gasteiger partial charge in [-0.05, 0) is 24.2 Å². The molecule has 0 radical (unpaired) electrons. The Bertz CT molecular complexity index is 91.5. The lowest BCUT2D eigenvalue weighted by Gasteiger charge is -2.18. The molecule has 0 aliphatic heterocycles. The summed E-state index contributed by atoms with van der Waals surface area (Å²) in [5, 5.41) is 8.76. The largest absolute Gasteiger partial charge is 0.396 e. The molecule has 0 aromatic rings. The second-order valence-corrected chi connectivity index (χ2v) is 4.74. The van der Waals surface area contributed by atoms with Crippen LogP contribution >= 0.6 is 0 Å². The Kier molecular flexibility index (Phi) is 4.74. The van der Waals surface area contributed by atoms with Gasteiger partial charge in [-0.2, -0.15) is 0 Å². The molecule has 1 heteroatoms. The van der Waals surface area contributed by atoms with Gasteiger partial charge in [0.25, 0.3) is 0 Å². The zero-order valence-corrected chi connectivity index (χ0v) is 8.35. The maximum absolute atomic E-state index is 8.76. The first-order valence-corrected chi connectivity index (χ1v) is 4.56. The standard InChI is InChI=1S/C10H22O/c1-9(8-11)6-5-7-10(2,3)4/h9,11H,5-8H2,1-4H3/t9-/m1/s1. The molecule has 0 aliphatic carbocycles. The molecule has 0 spiro atoms. The topological polar surface area (TPSA) is 20.2 Å². The van der Waals surface area contributed by atoms with Crippen LogP contribution in [-0.2, 0) is 0 Å². The maximum Gasteiger partial charge on any atom is 0.0456 e. The van der Waals surface area contributed by atoms with Crippen molar-refractivity contribution in [1.82, 2.24) is 0 Å². The summed E-state index contributed by atoms with van der Waals surface area (Å²) >= 11 is 0. The van der Waals surface area contributed by atoms with Crippen LogP contribution in [0, 0.1) is 11.3 Å². The number of hydrogen-bond acceptors (Lipinski definition) is 1. The molecule has 0 rings (SSSR count). The normalized spacial score (nSPS) is 15.0. The van der Waals surface area contributed by atoms with Gasteiger partial charge >= 0.3 is 0 Å². The highest BCUT2D eigenvalue weighted by molar-refractivity contribution is 4.62. The van der Waals surface area contributed by atoms with Crippen LogP contribution in [0.3, 0.4) is 0 Å². The van der Waals surface area contributed by atoms with Gasteiger partial charge in [0.05, 0.1) is 0 Å². The van der Waals surface area contributed by atoms with Gasteiger partial charge in [-0.3, -0.25) is 0 Å². The zero-order chi connectivity index (χ0) is 8.91. The minimum Gasteiger partial charge on any atom is -0.396 e. The SMILES string of the molecule is C[C@@H](CO)CCCC(C)(C)C. The molecule has 0 amide bonds. The summed E-state index contributed by atoms with van der Waals surface area (Å²) in [6.45, 7) is 9.22. The molecule has 1 N–H and O–H groups in total. The first-order valence-electron chi connectivity index (χ1n) is 4.56. The third-order valence-corrected chi connectivity index (χ3v) is 1.94. The van der Waals surface area contributed by atoms with Gasteiger partial charge in [-0.1, -0.05) is 34.1 Å². The zero-order valence-electron chi connectivity index (χ0n) is 8.35. The van der Waals surface area contributed by atoms with Crippen molar-refractivity contribution in [3.8, 4) is 0 Å². The van der Waals surface area contributed by atoms with Gasteiger partial charge < -0.3 is 5.11 Å². The van der Waals surface area contributed by atoms with Crippen molar-refractivity contribution in [3.63, 3.8) is 0 Å². The van der Waals surface area contributed by atoms with Crippen LogP contribution in [0.2, 0.25) is 0 Å². The van der Waals surface area contributed by atoms with E-state index in [1.807, 2.05) is 0 Å². The Labute approximate surface area is 70.8 Å². The van der Waals surface area contributed by atoms with Gasteiger partial charge in [0.15, 0.2) is 0 Å². The van der Waals surface area contributed by atoms with E-state index >= 15 is 0 Å². The predicted octanol–water partition coefficient (Wildman–Crippen LogP) is 2.83. The molecular formula is C10H22O. The van der Waals surface area contributed by atoms with E-state index in [-0.39, 0.29) is 0 Å². The van der Waals surface area contributed by atoms with Gasteiger partial charge in [0.1, 0.15) is 0 Å². The number of rotatable bonds is 4. The van der Waals surface area contributed by atoms with Crippen LogP contribution in [0.4, 0.5) is 0 Å². The monoisotopic (exact) mass is 158 g/mol. The van der Waals surface area contributed by atoms with Crippen LogP contribution in [0.5, 0.6) is 0 Å². The predicted molar refractivity (Wildman–Crippen MR) is 49.6 cm³/mol. The lowest BCUT2D eigenvalue weighted by Crippen LogP contribution is -2.07. The highest BCUT2D eigenvalue weighted by atomic mass is 16.3. The molecule has 1 atom stereocenters. The van der Waals surface area contributed by atoms with Crippen molar-refractivity contribution in [3.05, 3.63) is 0 Å². The van der Waals surface area contributed by atoms with E-state index in [4.69, 9.17) is 5.11 Å². The van der Waals surface area contributed by atoms with Crippen LogP contribution in [0.15, 0.2) is 0 Å². The Morgan fingerprint density at radius 1 is 1.27 bits per heavy atom. The van der Waals surface area contributed by atoms with Crippen molar-refractivity contribution in [2.24, 2.45) is 11.3 Å². The van der Waals surface area contributed by atoms with Crippen LogP contribution in [0.1, 0.15) is 47.0 Å². The summed E-state index contributed by atoms with van der Waals surface area (Å²) in [7, 11) is 0. The average Bonchev–Trinajstić information content (AvgIpc) is 1.85. The maximum atomic E-state index is 8.76. The number of aliphatic hydroxyl groups excluding tert-OH is 1. The Hall–Kier alpha value is -0.0400. The number of hydrogen-bond donors (Lipinski definition) is 1. The average molecular weight is 158 g/mol. The smallest absolute Gasteiger partial charge is 0.0456 e. The third-order valence-electron chi connectivity index (χ3n) is 1.94. The molecule has 0 saturated carbocycles. The van der Waals surface area contributed by atoms with Crippen molar-refractivity contribution >= 4 is 0 Å². The Balaban J connectivity index is 3.28. The Morgan fingerprint density at radius 3 is 2.18 bits per heavy atom. The second kappa shape index (κ2) is 4.76. The van der Waals surface area contributed by atoms with Gasteiger partial charge in [-0.15, -0.1) is 0 Å².